The number of nitrogens with zero attached hydrogens (tertiary/aromatic N) is 1. The number of benzene rings is 2. The van der Waals surface area contributed by atoms with Crippen LogP contribution in [0.15, 0.2) is 48.5 Å². The molecule has 1 fully saturated rings. The Morgan fingerprint density at radius 3 is 2.29 bits per heavy atom. The molecule has 168 valence electrons. The summed E-state index contributed by atoms with van der Waals surface area (Å²) < 4.78 is 48.6. The molecular weight excluding hydrogens is 421 g/mol. The lowest BCUT2D eigenvalue weighted by Crippen LogP contribution is -2.47. The smallest absolute Gasteiger partial charge is 0.264 e. The molecule has 0 bridgehead atoms. The van der Waals surface area contributed by atoms with Crippen LogP contribution < -0.4 is 9.47 Å². The van der Waals surface area contributed by atoms with E-state index in [1.807, 2.05) is 38.1 Å². The van der Waals surface area contributed by atoms with E-state index in [9.17, 15) is 17.6 Å². The molecule has 1 aliphatic heterocycles. The molecule has 0 aromatic heterocycles. The lowest BCUT2D eigenvalue weighted by Gasteiger charge is -2.32. The zero-order valence-corrected chi connectivity index (χ0v) is 18.6. The summed E-state index contributed by atoms with van der Waals surface area (Å²) >= 11 is 0. The van der Waals surface area contributed by atoms with Gasteiger partial charge in [-0.2, -0.15) is 0 Å². The van der Waals surface area contributed by atoms with Crippen molar-refractivity contribution in [3.8, 4) is 11.5 Å². The fourth-order valence-electron chi connectivity index (χ4n) is 3.63. The van der Waals surface area contributed by atoms with E-state index in [1.165, 1.54) is 24.3 Å². The van der Waals surface area contributed by atoms with Crippen LogP contribution in [0.3, 0.4) is 0 Å². The first-order chi connectivity index (χ1) is 14.8. The van der Waals surface area contributed by atoms with Crippen LogP contribution in [0.5, 0.6) is 11.5 Å². The maximum atomic E-state index is 13.4. The second-order valence-electron chi connectivity index (χ2n) is 7.57. The van der Waals surface area contributed by atoms with Gasteiger partial charge in [-0.05, 0) is 61.7 Å². The summed E-state index contributed by atoms with van der Waals surface area (Å²) in [6.07, 6.45) is 0.00421. The average Bonchev–Trinajstić information content (AvgIpc) is 3.12. The lowest BCUT2D eigenvalue weighted by molar-refractivity contribution is -0.141. The predicted molar refractivity (Wildman–Crippen MR) is 116 cm³/mol. The molecule has 2 atom stereocenters. The SMILES string of the molecule is CCOc1ccc(CN(C(=O)C(CC)Oc2ccc(F)cc2)C2CCS(=O)(=O)C2)cc1. The minimum atomic E-state index is -3.17. The number of sulfone groups is 1. The summed E-state index contributed by atoms with van der Waals surface area (Å²) in [7, 11) is -3.17. The highest BCUT2D eigenvalue weighted by atomic mass is 32.2. The second kappa shape index (κ2) is 10.1. The molecule has 1 saturated heterocycles. The summed E-state index contributed by atoms with van der Waals surface area (Å²) in [6, 6.07) is 12.5. The van der Waals surface area contributed by atoms with Crippen molar-refractivity contribution in [2.24, 2.45) is 0 Å². The molecule has 1 aliphatic rings. The van der Waals surface area contributed by atoms with Crippen molar-refractivity contribution in [1.29, 1.82) is 0 Å². The average molecular weight is 450 g/mol. The maximum absolute atomic E-state index is 13.4. The third-order valence-electron chi connectivity index (χ3n) is 5.26. The monoisotopic (exact) mass is 449 g/mol. The predicted octanol–water partition coefficient (Wildman–Crippen LogP) is 3.60. The van der Waals surface area contributed by atoms with Gasteiger partial charge in [0, 0.05) is 12.6 Å². The Kier molecular flexibility index (Phi) is 7.54. The molecule has 0 saturated carbocycles. The molecule has 0 aliphatic carbocycles. The van der Waals surface area contributed by atoms with Crippen LogP contribution in [0.4, 0.5) is 4.39 Å². The molecule has 0 spiro atoms. The topological polar surface area (TPSA) is 72.9 Å². The summed E-state index contributed by atoms with van der Waals surface area (Å²) in [5.41, 5.74) is 0.873. The summed E-state index contributed by atoms with van der Waals surface area (Å²) in [4.78, 5) is 15.0. The molecule has 0 radical (unpaired) electrons. The van der Waals surface area contributed by atoms with Crippen molar-refractivity contribution in [2.75, 3.05) is 18.1 Å². The molecule has 2 aromatic carbocycles. The molecule has 0 N–H and O–H groups in total. The molecular formula is C23H28FNO5S. The Hall–Kier alpha value is -2.61. The Balaban J connectivity index is 1.81. The molecule has 6 nitrogen and oxygen atoms in total. The van der Waals surface area contributed by atoms with Gasteiger partial charge in [-0.3, -0.25) is 4.79 Å². The van der Waals surface area contributed by atoms with Gasteiger partial charge in [-0.1, -0.05) is 19.1 Å². The van der Waals surface area contributed by atoms with E-state index in [2.05, 4.69) is 0 Å². The number of amides is 1. The minimum absolute atomic E-state index is 0.0528. The van der Waals surface area contributed by atoms with Gasteiger partial charge >= 0.3 is 0 Å². The summed E-state index contributed by atoms with van der Waals surface area (Å²) in [6.45, 7) is 4.56. The van der Waals surface area contributed by atoms with Crippen LogP contribution in [0.25, 0.3) is 0 Å². The Morgan fingerprint density at radius 1 is 1.10 bits per heavy atom. The maximum Gasteiger partial charge on any atom is 0.264 e. The van der Waals surface area contributed by atoms with Gasteiger partial charge in [0.15, 0.2) is 15.9 Å². The first kappa shape index (κ1) is 23.1. The molecule has 31 heavy (non-hydrogen) atoms. The molecule has 1 amide bonds. The number of halogens is 1. The first-order valence-corrected chi connectivity index (χ1v) is 12.3. The summed E-state index contributed by atoms with van der Waals surface area (Å²) in [5.74, 6) is 0.478. The second-order valence-corrected chi connectivity index (χ2v) is 9.80. The van der Waals surface area contributed by atoms with Crippen molar-refractivity contribution in [3.63, 3.8) is 0 Å². The van der Waals surface area contributed by atoms with Gasteiger partial charge in [-0.15, -0.1) is 0 Å². The number of ether oxygens (including phenoxy) is 2. The number of rotatable bonds is 9. The van der Waals surface area contributed by atoms with E-state index in [0.29, 0.717) is 25.2 Å². The largest absolute Gasteiger partial charge is 0.494 e. The van der Waals surface area contributed by atoms with Crippen LogP contribution in [0.2, 0.25) is 0 Å². The fourth-order valence-corrected chi connectivity index (χ4v) is 5.36. The third-order valence-corrected chi connectivity index (χ3v) is 7.01. The Labute approximate surface area is 182 Å². The van der Waals surface area contributed by atoms with E-state index in [4.69, 9.17) is 9.47 Å². The summed E-state index contributed by atoms with van der Waals surface area (Å²) in [5, 5.41) is 0. The minimum Gasteiger partial charge on any atom is -0.494 e. The number of hydrogen-bond acceptors (Lipinski definition) is 5. The van der Waals surface area contributed by atoms with Crippen molar-refractivity contribution < 1.29 is 27.1 Å². The van der Waals surface area contributed by atoms with Crippen LogP contribution in [0.1, 0.15) is 32.3 Å². The standard InChI is InChI=1S/C23H28FNO5S/c1-3-22(30-21-11-7-18(24)8-12-21)23(26)25(19-13-14-31(27,28)16-19)15-17-5-9-20(10-6-17)29-4-2/h5-12,19,22H,3-4,13-16H2,1-2H3. The lowest BCUT2D eigenvalue weighted by atomic mass is 10.1. The molecule has 8 heteroatoms. The van der Waals surface area contributed by atoms with Crippen LogP contribution in [-0.2, 0) is 21.2 Å². The van der Waals surface area contributed by atoms with E-state index in [1.54, 1.807) is 4.90 Å². The van der Waals surface area contributed by atoms with E-state index in [-0.39, 0.29) is 29.8 Å². The zero-order valence-electron chi connectivity index (χ0n) is 17.8. The van der Waals surface area contributed by atoms with Gasteiger partial charge in [0.2, 0.25) is 0 Å². The highest BCUT2D eigenvalue weighted by Crippen LogP contribution is 2.24. The van der Waals surface area contributed by atoms with E-state index < -0.39 is 22.0 Å². The van der Waals surface area contributed by atoms with E-state index in [0.717, 1.165) is 11.3 Å². The van der Waals surface area contributed by atoms with Gasteiger partial charge in [0.1, 0.15) is 17.3 Å². The van der Waals surface area contributed by atoms with Gasteiger partial charge in [0.25, 0.3) is 5.91 Å². The highest BCUT2D eigenvalue weighted by Gasteiger charge is 2.37. The van der Waals surface area contributed by atoms with Crippen LogP contribution >= 0.6 is 0 Å². The van der Waals surface area contributed by atoms with E-state index >= 15 is 0 Å². The first-order valence-electron chi connectivity index (χ1n) is 10.5. The van der Waals surface area contributed by atoms with Gasteiger partial charge < -0.3 is 14.4 Å². The van der Waals surface area contributed by atoms with Crippen molar-refractivity contribution in [1.82, 2.24) is 4.90 Å². The zero-order chi connectivity index (χ0) is 22.4. The highest BCUT2D eigenvalue weighted by molar-refractivity contribution is 7.91. The van der Waals surface area contributed by atoms with Crippen LogP contribution in [-0.4, -0.2) is 49.5 Å². The normalized spacial score (nSPS) is 18.4. The van der Waals surface area contributed by atoms with Crippen LogP contribution in [0, 0.1) is 5.82 Å². The molecule has 1 heterocycles. The van der Waals surface area contributed by atoms with Gasteiger partial charge in [0.05, 0.1) is 18.1 Å². The molecule has 2 unspecified atom stereocenters. The number of hydrogen-bond donors (Lipinski definition) is 0. The number of carbonyl (C=O) groups excluding carboxylic acids is 1. The quantitative estimate of drug-likeness (QED) is 0.585. The molecule has 3 rings (SSSR count). The Bertz CT molecular complexity index is 976. The van der Waals surface area contributed by atoms with Gasteiger partial charge in [-0.25, -0.2) is 12.8 Å². The molecule has 2 aromatic rings. The fraction of sp³-hybridized carbons (Fsp3) is 0.435. The van der Waals surface area contributed by atoms with Crippen molar-refractivity contribution in [2.45, 2.75) is 45.4 Å². The van der Waals surface area contributed by atoms with Crippen molar-refractivity contribution >= 4 is 15.7 Å². The third kappa shape index (κ3) is 6.19. The Morgan fingerprint density at radius 2 is 1.74 bits per heavy atom. The number of carbonyl (C=O) groups is 1. The van der Waals surface area contributed by atoms with Crippen molar-refractivity contribution in [3.05, 3.63) is 59.9 Å².